The molecule has 0 saturated carbocycles. The fraction of sp³-hybridized carbons (Fsp3) is 0.562. The molecule has 1 aliphatic heterocycles. The number of hydrogen-bond donors (Lipinski definition) is 2. The van der Waals surface area contributed by atoms with Crippen LogP contribution in [-0.2, 0) is 11.2 Å². The van der Waals surface area contributed by atoms with E-state index in [1.165, 1.54) is 0 Å². The van der Waals surface area contributed by atoms with Crippen LogP contribution in [0.1, 0.15) is 31.7 Å². The zero-order valence-corrected chi connectivity index (χ0v) is 12.1. The second kappa shape index (κ2) is 6.75. The lowest BCUT2D eigenvalue weighted by molar-refractivity contribution is -0.133. The van der Waals surface area contributed by atoms with Gasteiger partial charge in [-0.3, -0.25) is 4.79 Å². The van der Waals surface area contributed by atoms with Crippen LogP contribution in [0.2, 0.25) is 0 Å². The van der Waals surface area contributed by atoms with Crippen LogP contribution in [0.4, 0.5) is 5.69 Å². The van der Waals surface area contributed by atoms with Crippen molar-refractivity contribution in [1.29, 1.82) is 0 Å². The first-order valence-corrected chi connectivity index (χ1v) is 7.36. The molecule has 0 spiro atoms. The fourth-order valence-electron chi connectivity index (χ4n) is 2.72. The number of carbonyl (C=O) groups is 1. The van der Waals surface area contributed by atoms with E-state index >= 15 is 0 Å². The van der Waals surface area contributed by atoms with E-state index in [1.807, 2.05) is 36.1 Å². The SMILES string of the molecule is CC(O)C1CCN(C(=O)CCc2ccc(N)cc2)CC1. The van der Waals surface area contributed by atoms with Gasteiger partial charge in [-0.05, 0) is 49.8 Å². The second-order valence-electron chi connectivity index (χ2n) is 5.70. The Hall–Kier alpha value is -1.55. The highest BCUT2D eigenvalue weighted by atomic mass is 16.3. The molecule has 1 saturated heterocycles. The van der Waals surface area contributed by atoms with Crippen molar-refractivity contribution in [3.05, 3.63) is 29.8 Å². The summed E-state index contributed by atoms with van der Waals surface area (Å²) in [5.74, 6) is 0.557. The van der Waals surface area contributed by atoms with Crippen LogP contribution in [0.25, 0.3) is 0 Å². The molecule has 0 radical (unpaired) electrons. The van der Waals surface area contributed by atoms with Gasteiger partial charge in [0.15, 0.2) is 0 Å². The maximum Gasteiger partial charge on any atom is 0.222 e. The van der Waals surface area contributed by atoms with E-state index < -0.39 is 0 Å². The number of nitrogens with zero attached hydrogens (tertiary/aromatic N) is 1. The third-order valence-electron chi connectivity index (χ3n) is 4.18. The number of benzene rings is 1. The first-order valence-electron chi connectivity index (χ1n) is 7.36. The van der Waals surface area contributed by atoms with Crippen LogP contribution >= 0.6 is 0 Å². The molecule has 4 heteroatoms. The molecular formula is C16H24N2O2. The van der Waals surface area contributed by atoms with Crippen molar-refractivity contribution in [3.63, 3.8) is 0 Å². The molecule has 110 valence electrons. The molecule has 0 aliphatic carbocycles. The van der Waals surface area contributed by atoms with Gasteiger partial charge in [0.25, 0.3) is 0 Å². The molecule has 1 aliphatic rings. The summed E-state index contributed by atoms with van der Waals surface area (Å²) < 4.78 is 0. The topological polar surface area (TPSA) is 66.6 Å². The molecule has 1 amide bonds. The van der Waals surface area contributed by atoms with Gasteiger partial charge in [0, 0.05) is 25.2 Å². The van der Waals surface area contributed by atoms with E-state index in [0.29, 0.717) is 12.3 Å². The van der Waals surface area contributed by atoms with E-state index in [9.17, 15) is 9.90 Å². The van der Waals surface area contributed by atoms with Crippen LogP contribution in [0.3, 0.4) is 0 Å². The summed E-state index contributed by atoms with van der Waals surface area (Å²) in [6.07, 6.45) is 2.86. The highest BCUT2D eigenvalue weighted by Crippen LogP contribution is 2.21. The monoisotopic (exact) mass is 276 g/mol. The molecule has 0 bridgehead atoms. The first-order chi connectivity index (χ1) is 9.56. The Kier molecular flexibility index (Phi) is 5.01. The molecule has 1 atom stereocenters. The fourth-order valence-corrected chi connectivity index (χ4v) is 2.72. The molecule has 4 nitrogen and oxygen atoms in total. The Morgan fingerprint density at radius 2 is 1.95 bits per heavy atom. The van der Waals surface area contributed by atoms with E-state index in [0.717, 1.165) is 43.6 Å². The van der Waals surface area contributed by atoms with Crippen molar-refractivity contribution in [1.82, 2.24) is 4.90 Å². The van der Waals surface area contributed by atoms with E-state index in [4.69, 9.17) is 5.73 Å². The number of nitrogens with two attached hydrogens (primary N) is 1. The van der Waals surface area contributed by atoms with Gasteiger partial charge in [0.2, 0.25) is 5.91 Å². The first kappa shape index (κ1) is 14.9. The Morgan fingerprint density at radius 1 is 1.35 bits per heavy atom. The molecule has 20 heavy (non-hydrogen) atoms. The number of aryl methyl sites for hydroxylation is 1. The largest absolute Gasteiger partial charge is 0.399 e. The van der Waals surface area contributed by atoms with Crippen molar-refractivity contribution < 1.29 is 9.90 Å². The number of rotatable bonds is 4. The summed E-state index contributed by atoms with van der Waals surface area (Å²) in [7, 11) is 0. The molecule has 1 heterocycles. The normalized spacial score (nSPS) is 18.0. The van der Waals surface area contributed by atoms with Crippen LogP contribution in [0.5, 0.6) is 0 Å². The summed E-state index contributed by atoms with van der Waals surface area (Å²) in [6.45, 7) is 3.38. The van der Waals surface area contributed by atoms with E-state index in [2.05, 4.69) is 0 Å². The number of amides is 1. The summed E-state index contributed by atoms with van der Waals surface area (Å²) >= 11 is 0. The van der Waals surface area contributed by atoms with E-state index in [1.54, 1.807) is 0 Å². The number of anilines is 1. The van der Waals surface area contributed by atoms with Crippen molar-refractivity contribution >= 4 is 11.6 Å². The zero-order chi connectivity index (χ0) is 14.5. The van der Waals surface area contributed by atoms with Crippen LogP contribution in [0, 0.1) is 5.92 Å². The molecule has 0 aromatic heterocycles. The molecule has 1 unspecified atom stereocenters. The van der Waals surface area contributed by atoms with Crippen molar-refractivity contribution in [2.45, 2.75) is 38.7 Å². The van der Waals surface area contributed by atoms with Gasteiger partial charge in [-0.15, -0.1) is 0 Å². The van der Waals surface area contributed by atoms with Gasteiger partial charge in [-0.2, -0.15) is 0 Å². The maximum atomic E-state index is 12.2. The Bertz CT molecular complexity index is 434. The van der Waals surface area contributed by atoms with Gasteiger partial charge in [0.1, 0.15) is 0 Å². The Labute approximate surface area is 120 Å². The van der Waals surface area contributed by atoms with Gasteiger partial charge in [0.05, 0.1) is 6.10 Å². The number of likely N-dealkylation sites (tertiary alicyclic amines) is 1. The maximum absolute atomic E-state index is 12.2. The molecule has 2 rings (SSSR count). The lowest BCUT2D eigenvalue weighted by Gasteiger charge is -2.33. The number of carbonyl (C=O) groups excluding carboxylic acids is 1. The highest BCUT2D eigenvalue weighted by Gasteiger charge is 2.24. The van der Waals surface area contributed by atoms with E-state index in [-0.39, 0.29) is 12.0 Å². The molecule has 1 fully saturated rings. The van der Waals surface area contributed by atoms with Gasteiger partial charge in [-0.25, -0.2) is 0 Å². The van der Waals surface area contributed by atoms with Crippen molar-refractivity contribution in [3.8, 4) is 0 Å². The molecular weight excluding hydrogens is 252 g/mol. The average Bonchev–Trinajstić information content (AvgIpc) is 2.46. The number of aliphatic hydroxyl groups is 1. The number of aliphatic hydroxyl groups excluding tert-OH is 1. The third kappa shape index (κ3) is 3.97. The van der Waals surface area contributed by atoms with Crippen LogP contribution < -0.4 is 5.73 Å². The minimum absolute atomic E-state index is 0.214. The third-order valence-corrected chi connectivity index (χ3v) is 4.18. The zero-order valence-electron chi connectivity index (χ0n) is 12.1. The Balaban J connectivity index is 1.77. The highest BCUT2D eigenvalue weighted by molar-refractivity contribution is 5.76. The lowest BCUT2D eigenvalue weighted by Crippen LogP contribution is -2.40. The van der Waals surface area contributed by atoms with Gasteiger partial charge in [-0.1, -0.05) is 12.1 Å². The van der Waals surface area contributed by atoms with Gasteiger partial charge >= 0.3 is 0 Å². The summed E-state index contributed by atoms with van der Waals surface area (Å²) in [6, 6.07) is 7.69. The molecule has 3 N–H and O–H groups in total. The standard InChI is InChI=1S/C16H24N2O2/c1-12(19)14-8-10-18(11-9-14)16(20)7-4-13-2-5-15(17)6-3-13/h2-3,5-6,12,14,19H,4,7-11,17H2,1H3. The predicted molar refractivity (Wildman–Crippen MR) is 80.2 cm³/mol. The summed E-state index contributed by atoms with van der Waals surface area (Å²) in [4.78, 5) is 14.1. The minimum atomic E-state index is -0.262. The number of piperidine rings is 1. The lowest BCUT2D eigenvalue weighted by atomic mass is 9.92. The van der Waals surface area contributed by atoms with Crippen LogP contribution in [-0.4, -0.2) is 35.1 Å². The Morgan fingerprint density at radius 3 is 2.50 bits per heavy atom. The molecule has 1 aromatic carbocycles. The smallest absolute Gasteiger partial charge is 0.222 e. The summed E-state index contributed by atoms with van der Waals surface area (Å²) in [5.41, 5.74) is 7.54. The second-order valence-corrected chi connectivity index (χ2v) is 5.70. The van der Waals surface area contributed by atoms with Crippen LogP contribution in [0.15, 0.2) is 24.3 Å². The van der Waals surface area contributed by atoms with Crippen molar-refractivity contribution in [2.24, 2.45) is 5.92 Å². The number of hydrogen-bond acceptors (Lipinski definition) is 3. The minimum Gasteiger partial charge on any atom is -0.399 e. The molecule has 1 aromatic rings. The quantitative estimate of drug-likeness (QED) is 0.824. The average molecular weight is 276 g/mol. The van der Waals surface area contributed by atoms with Crippen molar-refractivity contribution in [2.75, 3.05) is 18.8 Å². The summed E-state index contributed by atoms with van der Waals surface area (Å²) in [5, 5.41) is 9.56. The predicted octanol–water partition coefficient (Wildman–Crippen LogP) is 1.82. The van der Waals surface area contributed by atoms with Gasteiger partial charge < -0.3 is 15.7 Å². The number of nitrogen functional groups attached to an aromatic ring is 1.